The fraction of sp³-hybridized carbons (Fsp3) is 0.400. The Morgan fingerprint density at radius 1 is 1.24 bits per heavy atom. The molecular formula is C15H21NO5. The summed E-state index contributed by atoms with van der Waals surface area (Å²) in [5, 5.41) is 0. The van der Waals surface area contributed by atoms with Crippen LogP contribution in [0.15, 0.2) is 30.2 Å². The van der Waals surface area contributed by atoms with E-state index >= 15 is 0 Å². The van der Waals surface area contributed by atoms with Crippen LogP contribution in [0.1, 0.15) is 6.92 Å². The molecule has 21 heavy (non-hydrogen) atoms. The lowest BCUT2D eigenvalue weighted by molar-refractivity contribution is -0.138. The lowest BCUT2D eigenvalue weighted by Crippen LogP contribution is -2.15. The summed E-state index contributed by atoms with van der Waals surface area (Å²) < 4.78 is 20.9. The van der Waals surface area contributed by atoms with Crippen LogP contribution in [0.5, 0.6) is 17.2 Å². The molecule has 0 aliphatic rings. The number of hydrogen-bond donors (Lipinski definition) is 0. The van der Waals surface area contributed by atoms with Gasteiger partial charge in [0.15, 0.2) is 11.5 Å². The van der Waals surface area contributed by atoms with Crippen LogP contribution in [0.4, 0.5) is 0 Å². The SMILES string of the molecule is CCOc1ccc(O/C(=C\N(C)C)C(=O)OC)cc1OC. The van der Waals surface area contributed by atoms with Crippen molar-refractivity contribution in [2.75, 3.05) is 34.9 Å². The molecule has 1 aromatic carbocycles. The van der Waals surface area contributed by atoms with Gasteiger partial charge in [0.2, 0.25) is 5.76 Å². The summed E-state index contributed by atoms with van der Waals surface area (Å²) in [7, 11) is 6.41. The highest BCUT2D eigenvalue weighted by atomic mass is 16.6. The molecule has 116 valence electrons. The van der Waals surface area contributed by atoms with E-state index in [1.54, 1.807) is 44.3 Å². The summed E-state index contributed by atoms with van der Waals surface area (Å²) in [6, 6.07) is 5.07. The monoisotopic (exact) mass is 295 g/mol. The van der Waals surface area contributed by atoms with E-state index in [0.29, 0.717) is 23.9 Å². The van der Waals surface area contributed by atoms with Gasteiger partial charge in [-0.2, -0.15) is 0 Å². The maximum absolute atomic E-state index is 11.7. The molecular weight excluding hydrogens is 274 g/mol. The molecule has 0 radical (unpaired) electrons. The third-order valence-electron chi connectivity index (χ3n) is 2.42. The molecule has 6 nitrogen and oxygen atoms in total. The van der Waals surface area contributed by atoms with E-state index in [-0.39, 0.29) is 5.76 Å². The number of carbonyl (C=O) groups excluding carboxylic acids is 1. The first kappa shape index (κ1) is 16.7. The summed E-state index contributed by atoms with van der Waals surface area (Å²) in [4.78, 5) is 13.4. The van der Waals surface area contributed by atoms with E-state index in [9.17, 15) is 4.79 Å². The van der Waals surface area contributed by atoms with Crippen LogP contribution < -0.4 is 14.2 Å². The van der Waals surface area contributed by atoms with Gasteiger partial charge in [0.05, 0.1) is 20.8 Å². The molecule has 1 aromatic rings. The molecule has 0 atom stereocenters. The van der Waals surface area contributed by atoms with E-state index in [4.69, 9.17) is 14.2 Å². The molecule has 0 spiro atoms. The van der Waals surface area contributed by atoms with Gasteiger partial charge in [0.1, 0.15) is 5.75 Å². The summed E-state index contributed by atoms with van der Waals surface area (Å²) in [5.74, 6) is 1.12. The van der Waals surface area contributed by atoms with Crippen molar-refractivity contribution in [2.24, 2.45) is 0 Å². The zero-order valence-corrected chi connectivity index (χ0v) is 13.0. The fourth-order valence-corrected chi connectivity index (χ4v) is 1.57. The number of methoxy groups -OCH3 is 2. The van der Waals surface area contributed by atoms with Gasteiger partial charge in [0.25, 0.3) is 0 Å². The van der Waals surface area contributed by atoms with Crippen molar-refractivity contribution in [1.82, 2.24) is 4.90 Å². The van der Waals surface area contributed by atoms with Crippen molar-refractivity contribution in [3.05, 3.63) is 30.2 Å². The van der Waals surface area contributed by atoms with Gasteiger partial charge in [0, 0.05) is 26.4 Å². The van der Waals surface area contributed by atoms with E-state index < -0.39 is 5.97 Å². The van der Waals surface area contributed by atoms with Gasteiger partial charge < -0.3 is 23.8 Å². The summed E-state index contributed by atoms with van der Waals surface area (Å²) in [6.07, 6.45) is 1.54. The Balaban J connectivity index is 3.02. The van der Waals surface area contributed by atoms with Gasteiger partial charge in [-0.25, -0.2) is 4.79 Å². The summed E-state index contributed by atoms with van der Waals surface area (Å²) in [5.41, 5.74) is 0. The molecule has 0 fully saturated rings. The maximum atomic E-state index is 11.7. The minimum atomic E-state index is -0.559. The van der Waals surface area contributed by atoms with Gasteiger partial charge in [-0.05, 0) is 19.1 Å². The third kappa shape index (κ3) is 4.91. The Labute approximate surface area is 124 Å². The Hall–Kier alpha value is -2.37. The highest BCUT2D eigenvalue weighted by Gasteiger charge is 2.14. The van der Waals surface area contributed by atoms with E-state index in [0.717, 1.165) is 0 Å². The van der Waals surface area contributed by atoms with Crippen molar-refractivity contribution >= 4 is 5.97 Å². The minimum absolute atomic E-state index is 0.0775. The van der Waals surface area contributed by atoms with Gasteiger partial charge in [-0.3, -0.25) is 0 Å². The molecule has 0 N–H and O–H groups in total. The number of esters is 1. The Bertz CT molecular complexity index is 511. The van der Waals surface area contributed by atoms with Gasteiger partial charge in [-0.1, -0.05) is 0 Å². The molecule has 6 heteroatoms. The lowest BCUT2D eigenvalue weighted by atomic mass is 10.3. The average molecular weight is 295 g/mol. The lowest BCUT2D eigenvalue weighted by Gasteiger charge is -2.14. The number of rotatable bonds is 7. The highest BCUT2D eigenvalue weighted by molar-refractivity contribution is 5.86. The minimum Gasteiger partial charge on any atom is -0.493 e. The Morgan fingerprint density at radius 3 is 2.48 bits per heavy atom. The molecule has 0 amide bonds. The van der Waals surface area contributed by atoms with Crippen molar-refractivity contribution in [2.45, 2.75) is 6.92 Å². The van der Waals surface area contributed by atoms with Gasteiger partial charge >= 0.3 is 5.97 Å². The second-order valence-corrected chi connectivity index (χ2v) is 4.30. The molecule has 0 heterocycles. The fourth-order valence-electron chi connectivity index (χ4n) is 1.57. The van der Waals surface area contributed by atoms with Crippen LogP contribution in [-0.2, 0) is 9.53 Å². The van der Waals surface area contributed by atoms with E-state index in [1.165, 1.54) is 13.3 Å². The maximum Gasteiger partial charge on any atom is 0.375 e. The Kier molecular flexibility index (Phi) is 6.39. The Morgan fingerprint density at radius 2 is 1.95 bits per heavy atom. The van der Waals surface area contributed by atoms with Crippen LogP contribution in [0.25, 0.3) is 0 Å². The predicted molar refractivity (Wildman–Crippen MR) is 78.6 cm³/mol. The molecule has 1 rings (SSSR count). The largest absolute Gasteiger partial charge is 0.493 e. The zero-order valence-electron chi connectivity index (χ0n) is 13.0. The number of carbonyl (C=O) groups is 1. The van der Waals surface area contributed by atoms with Crippen molar-refractivity contribution in [3.8, 4) is 17.2 Å². The smallest absolute Gasteiger partial charge is 0.375 e. The normalized spacial score (nSPS) is 10.8. The van der Waals surface area contributed by atoms with Crippen LogP contribution >= 0.6 is 0 Å². The van der Waals surface area contributed by atoms with Crippen molar-refractivity contribution in [1.29, 1.82) is 0 Å². The number of ether oxygens (including phenoxy) is 4. The van der Waals surface area contributed by atoms with Crippen LogP contribution in [0.3, 0.4) is 0 Å². The molecule has 0 bridgehead atoms. The van der Waals surface area contributed by atoms with Crippen molar-refractivity contribution in [3.63, 3.8) is 0 Å². The van der Waals surface area contributed by atoms with Gasteiger partial charge in [-0.15, -0.1) is 0 Å². The first-order chi connectivity index (χ1) is 10.0. The molecule has 0 saturated heterocycles. The van der Waals surface area contributed by atoms with Crippen LogP contribution in [0, 0.1) is 0 Å². The standard InChI is InChI=1S/C15H21NO5/c1-6-20-12-8-7-11(9-13(12)18-4)21-14(10-16(2)3)15(17)19-5/h7-10H,6H2,1-5H3/b14-10-. The average Bonchev–Trinajstić information content (AvgIpc) is 2.47. The van der Waals surface area contributed by atoms with Crippen molar-refractivity contribution < 1.29 is 23.7 Å². The predicted octanol–water partition coefficient (Wildman–Crippen LogP) is 2.05. The zero-order chi connectivity index (χ0) is 15.8. The highest BCUT2D eigenvalue weighted by Crippen LogP contribution is 2.32. The second-order valence-electron chi connectivity index (χ2n) is 4.30. The number of hydrogen-bond acceptors (Lipinski definition) is 6. The summed E-state index contributed by atoms with van der Waals surface area (Å²) >= 11 is 0. The third-order valence-corrected chi connectivity index (χ3v) is 2.42. The van der Waals surface area contributed by atoms with E-state index in [1.807, 2.05) is 6.92 Å². The number of benzene rings is 1. The molecule has 0 aliphatic carbocycles. The molecule has 0 saturated carbocycles. The summed E-state index contributed by atoms with van der Waals surface area (Å²) in [6.45, 7) is 2.42. The topological polar surface area (TPSA) is 57.2 Å². The van der Waals surface area contributed by atoms with Crippen LogP contribution in [-0.4, -0.2) is 45.8 Å². The molecule has 0 aromatic heterocycles. The van der Waals surface area contributed by atoms with Crippen LogP contribution in [0.2, 0.25) is 0 Å². The van der Waals surface area contributed by atoms with E-state index in [2.05, 4.69) is 4.74 Å². The first-order valence-corrected chi connectivity index (χ1v) is 6.47. The molecule has 0 aliphatic heterocycles. The second kappa shape index (κ2) is 8.04. The number of nitrogens with zero attached hydrogens (tertiary/aromatic N) is 1. The molecule has 0 unspecified atom stereocenters. The first-order valence-electron chi connectivity index (χ1n) is 6.47. The quantitative estimate of drug-likeness (QED) is 0.436.